The highest BCUT2D eigenvalue weighted by molar-refractivity contribution is 5.90. The minimum atomic E-state index is -1.02. The molecule has 1 aliphatic heterocycles. The predicted octanol–water partition coefficient (Wildman–Crippen LogP) is 2.37. The Kier molecular flexibility index (Phi) is 5.20. The second-order valence-corrected chi connectivity index (χ2v) is 7.58. The minimum absolute atomic E-state index is 0.0672. The maximum atomic E-state index is 12.7. The molecule has 0 aromatic carbocycles. The van der Waals surface area contributed by atoms with Gasteiger partial charge in [0.15, 0.2) is 17.7 Å². The van der Waals surface area contributed by atoms with Crippen LogP contribution in [0.2, 0.25) is 0 Å². The Morgan fingerprint density at radius 1 is 1.39 bits per heavy atom. The van der Waals surface area contributed by atoms with Crippen molar-refractivity contribution >= 4 is 22.8 Å². The van der Waals surface area contributed by atoms with Crippen LogP contribution in [0.3, 0.4) is 0 Å². The molecule has 4 rings (SSSR count). The number of imidazole rings is 1. The number of anilines is 1. The number of nitrogens with two attached hydrogens (primary N) is 1. The summed E-state index contributed by atoms with van der Waals surface area (Å²) in [5.41, 5.74) is 9.92. The summed E-state index contributed by atoms with van der Waals surface area (Å²) in [6, 6.07) is 0. The van der Waals surface area contributed by atoms with E-state index in [0.717, 1.165) is 24.1 Å². The van der Waals surface area contributed by atoms with E-state index in [1.54, 1.807) is 11.0 Å². The molecule has 0 saturated heterocycles. The Bertz CT molecular complexity index is 1270. The molecule has 1 aliphatic carbocycles. The minimum Gasteiger partial charge on any atom is -0.382 e. The molecule has 0 spiro atoms. The normalized spacial score (nSPS) is 19.3. The van der Waals surface area contributed by atoms with Gasteiger partial charge in [0.2, 0.25) is 0 Å². The summed E-state index contributed by atoms with van der Waals surface area (Å²) >= 11 is 0. The molecule has 4 N–H and O–H groups in total. The maximum absolute atomic E-state index is 12.7. The van der Waals surface area contributed by atoms with Gasteiger partial charge in [0, 0.05) is 11.3 Å². The van der Waals surface area contributed by atoms with E-state index >= 15 is 0 Å². The van der Waals surface area contributed by atoms with Gasteiger partial charge in [0.25, 0.3) is 0 Å². The van der Waals surface area contributed by atoms with E-state index in [1.165, 1.54) is 10.9 Å². The highest BCUT2D eigenvalue weighted by Crippen LogP contribution is 2.33. The first-order valence-corrected chi connectivity index (χ1v) is 9.97. The number of rotatable bonds is 5. The van der Waals surface area contributed by atoms with Crippen LogP contribution in [-0.2, 0) is 6.54 Å². The standard InChI is InChI=1S/C22H25N7O2/c1-5-14-17(12(2)3)21(30)29(15-9-7-6-8-13(15)4)16(26-14)10-28-20-18(27-22(28)31)19(23)24-11-25-20/h5,8-9,11,21,30H,1-2,6-7,10H2,3-4H3,(H,27,31)(H2,23,24,25). The van der Waals surface area contributed by atoms with Crippen molar-refractivity contribution in [3.63, 3.8) is 0 Å². The number of hydrogen-bond donors (Lipinski definition) is 3. The lowest BCUT2D eigenvalue weighted by Crippen LogP contribution is -2.46. The van der Waals surface area contributed by atoms with Gasteiger partial charge in [-0.25, -0.2) is 19.8 Å². The van der Waals surface area contributed by atoms with Crippen LogP contribution >= 0.6 is 0 Å². The highest BCUT2D eigenvalue weighted by atomic mass is 16.3. The number of hydrogen-bond acceptors (Lipinski definition) is 7. The van der Waals surface area contributed by atoms with Gasteiger partial charge in [0.1, 0.15) is 17.7 Å². The number of allylic oxidation sites excluding steroid dienone is 4. The number of aliphatic hydroxyl groups excluding tert-OH is 1. The van der Waals surface area contributed by atoms with E-state index in [4.69, 9.17) is 10.7 Å². The molecule has 0 bridgehead atoms. The molecule has 3 heterocycles. The van der Waals surface area contributed by atoms with Crippen molar-refractivity contribution in [3.8, 4) is 0 Å². The average Bonchev–Trinajstić information content (AvgIpc) is 3.05. The fourth-order valence-corrected chi connectivity index (χ4v) is 3.98. The first kappa shape index (κ1) is 20.5. The molecule has 1 unspecified atom stereocenters. The van der Waals surface area contributed by atoms with Gasteiger partial charge < -0.3 is 15.8 Å². The molecular formula is C22H25N7O2. The lowest BCUT2D eigenvalue weighted by molar-refractivity contribution is 0.105. The van der Waals surface area contributed by atoms with Gasteiger partial charge >= 0.3 is 5.69 Å². The third kappa shape index (κ3) is 3.42. The number of aromatic nitrogens is 4. The SMILES string of the molecule is C=CC1=C(C(=C)C)C(O)N(C2=CCCC=C2C)C(Cn2c(=O)[nH]c3c(N)ncnc32)=N1. The Balaban J connectivity index is 1.89. The zero-order valence-electron chi connectivity index (χ0n) is 17.6. The van der Waals surface area contributed by atoms with Gasteiger partial charge in [-0.15, -0.1) is 0 Å². The summed E-state index contributed by atoms with van der Waals surface area (Å²) in [6.07, 6.45) is 7.85. The Morgan fingerprint density at radius 3 is 2.81 bits per heavy atom. The quantitative estimate of drug-likeness (QED) is 0.683. The summed E-state index contributed by atoms with van der Waals surface area (Å²) in [5, 5.41) is 11.4. The summed E-state index contributed by atoms with van der Waals surface area (Å²) in [6.45, 7) is 11.7. The van der Waals surface area contributed by atoms with Crippen LogP contribution in [0.25, 0.3) is 11.2 Å². The van der Waals surface area contributed by atoms with E-state index in [-0.39, 0.29) is 18.1 Å². The van der Waals surface area contributed by atoms with Crippen molar-refractivity contribution in [3.05, 3.63) is 76.3 Å². The van der Waals surface area contributed by atoms with Gasteiger partial charge in [0.05, 0.1) is 12.2 Å². The topological polar surface area (TPSA) is 125 Å². The fourth-order valence-electron chi connectivity index (χ4n) is 3.98. The number of nitrogen functional groups attached to an aromatic ring is 1. The number of fused-ring (bicyclic) bond motifs is 1. The molecule has 9 nitrogen and oxygen atoms in total. The summed E-state index contributed by atoms with van der Waals surface area (Å²) in [7, 11) is 0. The molecule has 0 fully saturated rings. The van der Waals surface area contributed by atoms with E-state index in [2.05, 4.69) is 40.3 Å². The molecule has 2 aliphatic rings. The van der Waals surface area contributed by atoms with Crippen LogP contribution in [-0.4, -0.2) is 41.6 Å². The number of aliphatic hydroxyl groups is 1. The molecule has 9 heteroatoms. The van der Waals surface area contributed by atoms with Crippen molar-refractivity contribution < 1.29 is 5.11 Å². The monoisotopic (exact) mass is 419 g/mol. The van der Waals surface area contributed by atoms with Crippen LogP contribution in [0.15, 0.2) is 75.6 Å². The van der Waals surface area contributed by atoms with Gasteiger partial charge in [-0.2, -0.15) is 0 Å². The zero-order chi connectivity index (χ0) is 22.3. The van der Waals surface area contributed by atoms with Gasteiger partial charge in [-0.1, -0.05) is 25.3 Å². The first-order valence-electron chi connectivity index (χ1n) is 9.97. The number of aromatic amines is 1. The third-order valence-corrected chi connectivity index (χ3v) is 5.47. The van der Waals surface area contributed by atoms with Crippen molar-refractivity contribution in [2.75, 3.05) is 5.73 Å². The molecular weight excluding hydrogens is 394 g/mol. The Hall–Kier alpha value is -3.72. The van der Waals surface area contributed by atoms with Gasteiger partial charge in [-0.3, -0.25) is 9.47 Å². The van der Waals surface area contributed by atoms with Crippen molar-refractivity contribution in [1.82, 2.24) is 24.4 Å². The second kappa shape index (κ2) is 7.84. The van der Waals surface area contributed by atoms with E-state index in [1.807, 2.05) is 13.8 Å². The molecule has 2 aromatic rings. The fraction of sp³-hybridized carbons (Fsp3) is 0.273. The molecule has 0 amide bonds. The van der Waals surface area contributed by atoms with Crippen molar-refractivity contribution in [2.24, 2.45) is 4.99 Å². The van der Waals surface area contributed by atoms with E-state index in [9.17, 15) is 9.90 Å². The van der Waals surface area contributed by atoms with Crippen LogP contribution in [0.4, 0.5) is 5.82 Å². The molecule has 0 saturated carbocycles. The third-order valence-electron chi connectivity index (χ3n) is 5.47. The van der Waals surface area contributed by atoms with E-state index in [0.29, 0.717) is 33.8 Å². The zero-order valence-corrected chi connectivity index (χ0v) is 17.6. The van der Waals surface area contributed by atoms with Crippen molar-refractivity contribution in [1.29, 1.82) is 0 Å². The predicted molar refractivity (Wildman–Crippen MR) is 121 cm³/mol. The molecule has 0 radical (unpaired) electrons. The average molecular weight is 419 g/mol. The lowest BCUT2D eigenvalue weighted by Gasteiger charge is -2.39. The van der Waals surface area contributed by atoms with E-state index < -0.39 is 6.23 Å². The summed E-state index contributed by atoms with van der Waals surface area (Å²) < 4.78 is 1.43. The molecule has 160 valence electrons. The molecule has 2 aromatic heterocycles. The molecule has 1 atom stereocenters. The summed E-state index contributed by atoms with van der Waals surface area (Å²) in [4.78, 5) is 30.0. The van der Waals surface area contributed by atoms with Crippen LogP contribution < -0.4 is 11.4 Å². The number of nitrogens with zero attached hydrogens (tertiary/aromatic N) is 5. The molecule has 31 heavy (non-hydrogen) atoms. The second-order valence-electron chi connectivity index (χ2n) is 7.58. The largest absolute Gasteiger partial charge is 0.382 e. The van der Waals surface area contributed by atoms with Gasteiger partial charge in [-0.05, 0) is 43.9 Å². The number of aliphatic imine (C=N–C) groups is 1. The van der Waals surface area contributed by atoms with Crippen LogP contribution in [0.1, 0.15) is 26.7 Å². The number of amidine groups is 1. The summed E-state index contributed by atoms with van der Waals surface area (Å²) in [5.74, 6) is 0.668. The Morgan fingerprint density at radius 2 is 2.13 bits per heavy atom. The Labute approximate surface area is 179 Å². The smallest absolute Gasteiger partial charge is 0.328 e. The highest BCUT2D eigenvalue weighted by Gasteiger charge is 2.34. The lowest BCUT2D eigenvalue weighted by atomic mass is 9.98. The van der Waals surface area contributed by atoms with Crippen molar-refractivity contribution in [2.45, 2.75) is 39.5 Å². The maximum Gasteiger partial charge on any atom is 0.328 e. The van der Waals surface area contributed by atoms with Crippen LogP contribution in [0.5, 0.6) is 0 Å². The number of nitrogens with one attached hydrogen (secondary N) is 1. The van der Waals surface area contributed by atoms with Crippen LogP contribution in [0, 0.1) is 0 Å². The first-order chi connectivity index (χ1) is 14.8. The number of H-pyrrole nitrogens is 1.